The highest BCUT2D eigenvalue weighted by Gasteiger charge is 2.09. The number of benzene rings is 1. The van der Waals surface area contributed by atoms with Crippen LogP contribution in [-0.2, 0) is 4.79 Å². The van der Waals surface area contributed by atoms with Crippen molar-refractivity contribution in [3.05, 3.63) is 53.4 Å². The van der Waals surface area contributed by atoms with E-state index in [-0.39, 0.29) is 5.69 Å². The van der Waals surface area contributed by atoms with Crippen LogP contribution in [0.1, 0.15) is 21.7 Å². The van der Waals surface area contributed by atoms with Gasteiger partial charge in [-0.15, -0.1) is 0 Å². The van der Waals surface area contributed by atoms with Crippen LogP contribution >= 0.6 is 0 Å². The number of carbonyl (C=O) groups is 2. The number of nitrogens with one attached hydrogen (secondary N) is 3. The van der Waals surface area contributed by atoms with E-state index >= 15 is 0 Å². The van der Waals surface area contributed by atoms with Crippen LogP contribution in [0, 0.1) is 6.92 Å². The molecule has 0 unspecified atom stereocenters. The van der Waals surface area contributed by atoms with E-state index in [1.807, 2.05) is 18.2 Å². The van der Waals surface area contributed by atoms with Crippen molar-refractivity contribution in [1.29, 1.82) is 0 Å². The normalized spacial score (nSPS) is 10.5. The fraction of sp³-hybridized carbons (Fsp3) is 0.133. The number of hydrogen-bond donors (Lipinski definition) is 3. The van der Waals surface area contributed by atoms with Crippen LogP contribution in [0.15, 0.2) is 36.4 Å². The number of aryl methyl sites for hydroxylation is 1. The molecule has 0 aliphatic rings. The molecular formula is C15H16N4O3. The van der Waals surface area contributed by atoms with E-state index in [0.29, 0.717) is 5.75 Å². The second kappa shape index (κ2) is 7.07. The zero-order chi connectivity index (χ0) is 15.9. The van der Waals surface area contributed by atoms with Crippen LogP contribution in [0.25, 0.3) is 6.08 Å². The van der Waals surface area contributed by atoms with E-state index in [0.717, 1.165) is 11.3 Å². The number of methoxy groups -OCH3 is 1. The minimum absolute atomic E-state index is 0.200. The van der Waals surface area contributed by atoms with Gasteiger partial charge < -0.3 is 4.74 Å². The summed E-state index contributed by atoms with van der Waals surface area (Å²) in [6.45, 7) is 1.78. The van der Waals surface area contributed by atoms with Crippen LogP contribution in [-0.4, -0.2) is 29.1 Å². The second-order valence-corrected chi connectivity index (χ2v) is 4.45. The highest BCUT2D eigenvalue weighted by molar-refractivity contribution is 5.97. The lowest BCUT2D eigenvalue weighted by Crippen LogP contribution is -2.40. The summed E-state index contributed by atoms with van der Waals surface area (Å²) in [6.07, 6.45) is 2.90. The molecule has 1 heterocycles. The van der Waals surface area contributed by atoms with Crippen LogP contribution in [0.5, 0.6) is 5.75 Å². The summed E-state index contributed by atoms with van der Waals surface area (Å²) in [5.74, 6) is -0.308. The fourth-order valence-corrected chi connectivity index (χ4v) is 1.73. The minimum Gasteiger partial charge on any atom is -0.496 e. The topological polar surface area (TPSA) is 96.1 Å². The van der Waals surface area contributed by atoms with E-state index < -0.39 is 11.8 Å². The van der Waals surface area contributed by atoms with E-state index in [1.54, 1.807) is 32.2 Å². The molecule has 22 heavy (non-hydrogen) atoms. The monoisotopic (exact) mass is 300 g/mol. The zero-order valence-corrected chi connectivity index (χ0v) is 12.2. The second-order valence-electron chi connectivity index (χ2n) is 4.45. The summed E-state index contributed by atoms with van der Waals surface area (Å²) in [6, 6.07) is 8.85. The predicted octanol–water partition coefficient (Wildman–Crippen LogP) is 1.20. The fourth-order valence-electron chi connectivity index (χ4n) is 1.73. The Hall–Kier alpha value is -3.09. The molecule has 2 rings (SSSR count). The Kier molecular flexibility index (Phi) is 4.92. The first kappa shape index (κ1) is 15.3. The number of para-hydroxylation sites is 1. The maximum atomic E-state index is 11.7. The van der Waals surface area contributed by atoms with Gasteiger partial charge in [-0.2, -0.15) is 5.10 Å². The van der Waals surface area contributed by atoms with Gasteiger partial charge in [0.05, 0.1) is 7.11 Å². The summed E-state index contributed by atoms with van der Waals surface area (Å²) in [5.41, 5.74) is 6.27. The number of ether oxygens (including phenoxy) is 1. The molecule has 0 saturated carbocycles. The first-order valence-corrected chi connectivity index (χ1v) is 6.53. The highest BCUT2D eigenvalue weighted by Crippen LogP contribution is 2.18. The molecule has 0 radical (unpaired) electrons. The molecule has 0 atom stereocenters. The lowest BCUT2D eigenvalue weighted by Gasteiger charge is -2.04. The molecule has 2 aromatic rings. The molecule has 1 aromatic carbocycles. The third-order valence-corrected chi connectivity index (χ3v) is 2.79. The van der Waals surface area contributed by atoms with Gasteiger partial charge in [0.25, 0.3) is 11.8 Å². The van der Waals surface area contributed by atoms with Crippen molar-refractivity contribution in [2.24, 2.45) is 0 Å². The van der Waals surface area contributed by atoms with Gasteiger partial charge in [0.2, 0.25) is 0 Å². The molecule has 7 nitrogen and oxygen atoms in total. The minimum atomic E-state index is -0.497. The standard InChI is InChI=1S/C15H16N4O3/c1-10-9-12(17-16-10)15(21)19-18-14(20)8-7-11-5-3-4-6-13(11)22-2/h3-9H,1-2H3,(H,16,17)(H,18,20)(H,19,21). The van der Waals surface area contributed by atoms with Crippen molar-refractivity contribution >= 4 is 17.9 Å². The summed E-state index contributed by atoms with van der Waals surface area (Å²) >= 11 is 0. The Morgan fingerprint density at radius 1 is 1.27 bits per heavy atom. The Morgan fingerprint density at radius 2 is 2.05 bits per heavy atom. The number of H-pyrrole nitrogens is 1. The van der Waals surface area contributed by atoms with Gasteiger partial charge in [0, 0.05) is 17.3 Å². The summed E-state index contributed by atoms with van der Waals surface area (Å²) < 4.78 is 5.17. The van der Waals surface area contributed by atoms with Crippen molar-refractivity contribution in [2.75, 3.05) is 7.11 Å². The maximum absolute atomic E-state index is 11.7. The molecule has 7 heteroatoms. The first-order chi connectivity index (χ1) is 10.6. The molecule has 0 saturated heterocycles. The number of aromatic amines is 1. The molecule has 2 amide bonds. The summed E-state index contributed by atoms with van der Waals surface area (Å²) in [4.78, 5) is 23.4. The van der Waals surface area contributed by atoms with E-state index in [2.05, 4.69) is 21.0 Å². The highest BCUT2D eigenvalue weighted by atomic mass is 16.5. The third kappa shape index (κ3) is 3.95. The van der Waals surface area contributed by atoms with Gasteiger partial charge in [0.15, 0.2) is 5.69 Å². The van der Waals surface area contributed by atoms with Crippen molar-refractivity contribution in [2.45, 2.75) is 6.92 Å². The summed E-state index contributed by atoms with van der Waals surface area (Å²) in [5, 5.41) is 6.43. The van der Waals surface area contributed by atoms with Gasteiger partial charge in [-0.25, -0.2) is 0 Å². The molecule has 0 bridgehead atoms. The number of hydrogen-bond acceptors (Lipinski definition) is 4. The van der Waals surface area contributed by atoms with Gasteiger partial charge in [-0.1, -0.05) is 18.2 Å². The Bertz CT molecular complexity index is 706. The van der Waals surface area contributed by atoms with Gasteiger partial charge in [-0.3, -0.25) is 25.5 Å². The van der Waals surface area contributed by atoms with Crippen LogP contribution in [0.4, 0.5) is 0 Å². The molecular weight excluding hydrogens is 284 g/mol. The van der Waals surface area contributed by atoms with Crippen molar-refractivity contribution < 1.29 is 14.3 Å². The molecule has 0 fully saturated rings. The maximum Gasteiger partial charge on any atom is 0.290 e. The van der Waals surface area contributed by atoms with Crippen LogP contribution in [0.2, 0.25) is 0 Å². The van der Waals surface area contributed by atoms with Crippen molar-refractivity contribution in [1.82, 2.24) is 21.0 Å². The molecule has 0 aliphatic heterocycles. The Balaban J connectivity index is 1.90. The zero-order valence-electron chi connectivity index (χ0n) is 12.2. The first-order valence-electron chi connectivity index (χ1n) is 6.53. The largest absolute Gasteiger partial charge is 0.496 e. The number of amides is 2. The van der Waals surface area contributed by atoms with E-state index in [1.165, 1.54) is 6.08 Å². The smallest absolute Gasteiger partial charge is 0.290 e. The van der Waals surface area contributed by atoms with E-state index in [4.69, 9.17) is 4.74 Å². The number of rotatable bonds is 4. The number of hydrazine groups is 1. The lowest BCUT2D eigenvalue weighted by molar-refractivity contribution is -0.117. The Labute approximate surface area is 127 Å². The molecule has 0 spiro atoms. The lowest BCUT2D eigenvalue weighted by atomic mass is 10.2. The van der Waals surface area contributed by atoms with E-state index in [9.17, 15) is 9.59 Å². The Morgan fingerprint density at radius 3 is 2.73 bits per heavy atom. The number of carbonyl (C=O) groups excluding carboxylic acids is 2. The van der Waals surface area contributed by atoms with Crippen molar-refractivity contribution in [3.8, 4) is 5.75 Å². The molecule has 3 N–H and O–H groups in total. The quantitative estimate of drug-likeness (QED) is 0.584. The molecule has 114 valence electrons. The van der Waals surface area contributed by atoms with Crippen LogP contribution in [0.3, 0.4) is 0 Å². The average Bonchev–Trinajstić information content (AvgIpc) is 2.97. The van der Waals surface area contributed by atoms with Crippen molar-refractivity contribution in [3.63, 3.8) is 0 Å². The number of nitrogens with zero attached hydrogens (tertiary/aromatic N) is 1. The molecule has 1 aromatic heterocycles. The number of aromatic nitrogens is 2. The summed E-state index contributed by atoms with van der Waals surface area (Å²) in [7, 11) is 1.55. The van der Waals surface area contributed by atoms with Crippen LogP contribution < -0.4 is 15.6 Å². The predicted molar refractivity (Wildman–Crippen MR) is 81.0 cm³/mol. The average molecular weight is 300 g/mol. The van der Waals surface area contributed by atoms with Gasteiger partial charge in [0.1, 0.15) is 5.75 Å². The SMILES string of the molecule is COc1ccccc1C=CC(=O)NNC(=O)c1cc(C)[nH]n1. The van der Waals surface area contributed by atoms with Gasteiger partial charge in [-0.05, 0) is 25.1 Å². The van der Waals surface area contributed by atoms with Gasteiger partial charge >= 0.3 is 0 Å². The molecule has 0 aliphatic carbocycles. The third-order valence-electron chi connectivity index (χ3n) is 2.79.